The van der Waals surface area contributed by atoms with Gasteiger partial charge < -0.3 is 105 Å². The third-order valence-electron chi connectivity index (χ3n) is 16.4. The van der Waals surface area contributed by atoms with E-state index >= 15 is 0 Å². The van der Waals surface area contributed by atoms with Crippen molar-refractivity contribution in [3.05, 3.63) is 12.2 Å². The molecule has 0 bridgehead atoms. The summed E-state index contributed by atoms with van der Waals surface area (Å²) in [7, 11) is 0. The number of esters is 1. The van der Waals surface area contributed by atoms with Crippen LogP contribution < -0.4 is 0 Å². The van der Waals surface area contributed by atoms with E-state index in [1.54, 1.807) is 0 Å². The van der Waals surface area contributed by atoms with Crippen LogP contribution in [0.25, 0.3) is 0 Å². The molecule has 0 spiro atoms. The van der Waals surface area contributed by atoms with Gasteiger partial charge in [0.15, 0.2) is 12.6 Å². The summed E-state index contributed by atoms with van der Waals surface area (Å²) in [4.78, 5) is 14.7. The molecule has 14 N–H and O–H groups in total. The minimum absolute atomic E-state index is 0.0484. The van der Waals surface area contributed by atoms with Crippen LogP contribution in [0, 0.1) is 34.5 Å². The minimum Gasteiger partial charge on any atom is -0.432 e. The molecule has 3 saturated heterocycles. The van der Waals surface area contributed by atoms with Crippen molar-refractivity contribution in [2.45, 2.75) is 194 Å². The third kappa shape index (κ3) is 9.62. The minimum atomic E-state index is -1.84. The molecule has 0 aromatic carbocycles. The summed E-state index contributed by atoms with van der Waals surface area (Å²) < 4.78 is 41.4. The van der Waals surface area contributed by atoms with E-state index in [0.29, 0.717) is 50.5 Å². The lowest BCUT2D eigenvalue weighted by atomic mass is 9.45. The van der Waals surface area contributed by atoms with Crippen LogP contribution in [0.1, 0.15) is 71.6 Å². The fraction of sp³-hybridized carbons (Fsp3) is 0.932. The molecule has 26 atom stereocenters. The van der Waals surface area contributed by atoms with Crippen LogP contribution in [-0.2, 0) is 38.0 Å². The van der Waals surface area contributed by atoms with Crippen LogP contribution in [0.5, 0.6) is 0 Å². The van der Waals surface area contributed by atoms with E-state index < -0.39 is 172 Å². The van der Waals surface area contributed by atoms with E-state index in [0.717, 1.165) is 6.42 Å². The lowest BCUT2D eigenvalue weighted by Crippen LogP contribution is -2.65. The zero-order valence-electron chi connectivity index (χ0n) is 37.3. The van der Waals surface area contributed by atoms with E-state index in [4.69, 9.17) is 33.2 Å². The van der Waals surface area contributed by atoms with Crippen molar-refractivity contribution in [3.8, 4) is 0 Å². The van der Waals surface area contributed by atoms with Gasteiger partial charge in [-0.2, -0.15) is 0 Å². The summed E-state index contributed by atoms with van der Waals surface area (Å²) in [5.41, 5.74) is -0.799. The molecule has 3 heterocycles. The standard InChI is InChI=1S/C44H72O22/c1-17-11-18-5-8-26-43(2,20(18)6-7-21(17)61-40-36(58)37(31(53)25(16-48)63-40)65-39-35(57)33(55)29(51)23(14-46)62-39)9-4-10-44(26,3)42(59)66-41-38(34(56)30(52)24(15-47)64-41)60-22-12-19(13-45)27(49)32(54)28(22)50/h18-41,45-58H,1,4-16H2,2-3H3/t18?,19?,20-,21?,22?,23?,24?,25?,26?,27?,28?,29?,30?,31?,32?,33?,34?,35?,36?,37?,38?,39?,40?,41?,43+,44-/m1/s1. The lowest BCUT2D eigenvalue weighted by molar-refractivity contribution is -0.362. The van der Waals surface area contributed by atoms with Crippen molar-refractivity contribution < 1.29 is 109 Å². The Labute approximate surface area is 382 Å². The number of ether oxygens (including phenoxy) is 7. The lowest BCUT2D eigenvalue weighted by Gasteiger charge is -2.59. The monoisotopic (exact) mass is 952 g/mol. The highest BCUT2D eigenvalue weighted by molar-refractivity contribution is 5.77. The van der Waals surface area contributed by atoms with Gasteiger partial charge in [-0.3, -0.25) is 4.79 Å². The van der Waals surface area contributed by atoms with Gasteiger partial charge in [0.2, 0.25) is 6.29 Å². The number of carbonyl (C=O) groups excluding carboxylic acids is 1. The Morgan fingerprint density at radius 2 is 1.20 bits per heavy atom. The summed E-state index contributed by atoms with van der Waals surface area (Å²) in [5.74, 6) is -1.61. The normalized spacial score (nSPS) is 52.5. The molecule has 4 aliphatic carbocycles. The van der Waals surface area contributed by atoms with Crippen molar-refractivity contribution in [2.24, 2.45) is 34.5 Å². The van der Waals surface area contributed by atoms with Crippen LogP contribution in [0.2, 0.25) is 0 Å². The Morgan fingerprint density at radius 3 is 1.83 bits per heavy atom. The predicted molar refractivity (Wildman–Crippen MR) is 220 cm³/mol. The second kappa shape index (κ2) is 21.0. The Kier molecular flexibility index (Phi) is 16.6. The first-order valence-corrected chi connectivity index (χ1v) is 23.3. The summed E-state index contributed by atoms with van der Waals surface area (Å²) in [5, 5.41) is 147. The Morgan fingerprint density at radius 1 is 0.606 bits per heavy atom. The average molecular weight is 953 g/mol. The zero-order valence-corrected chi connectivity index (χ0v) is 37.3. The summed E-state index contributed by atoms with van der Waals surface area (Å²) in [6, 6.07) is 0. The SMILES string of the molecule is C=C1CC2CCC3[C@](C)(C(=O)OC4OC(CO)C(O)C(O)C4OC4CC(CO)C(O)C(O)C4O)CCC[C@@]3(C)[C@@H]2CCC1OC1OC(CO)C(O)C(OC2OC(CO)C(O)C(O)C2O)C1O. The molecule has 4 saturated carbocycles. The van der Waals surface area contributed by atoms with E-state index in [9.17, 15) is 76.3 Å². The van der Waals surface area contributed by atoms with Gasteiger partial charge in [-0.05, 0) is 87.0 Å². The Bertz CT molecular complexity index is 1640. The quantitative estimate of drug-likeness (QED) is 0.0647. The fourth-order valence-electron chi connectivity index (χ4n) is 12.5. The largest absolute Gasteiger partial charge is 0.432 e. The second-order valence-electron chi connectivity index (χ2n) is 20.2. The van der Waals surface area contributed by atoms with Gasteiger partial charge in [-0.1, -0.05) is 19.9 Å². The number of carbonyl (C=O) groups is 1. The van der Waals surface area contributed by atoms with Gasteiger partial charge in [-0.25, -0.2) is 0 Å². The van der Waals surface area contributed by atoms with Crippen molar-refractivity contribution in [3.63, 3.8) is 0 Å². The molecule has 22 nitrogen and oxygen atoms in total. The fourth-order valence-corrected chi connectivity index (χ4v) is 12.5. The Balaban J connectivity index is 1.05. The molecule has 7 rings (SSSR count). The summed E-state index contributed by atoms with van der Waals surface area (Å²) in [6.07, 6.45) is -26.5. The van der Waals surface area contributed by atoms with Crippen LogP contribution >= 0.6 is 0 Å². The number of rotatable bonds is 12. The van der Waals surface area contributed by atoms with Gasteiger partial charge in [-0.15, -0.1) is 0 Å². The maximum atomic E-state index is 14.7. The summed E-state index contributed by atoms with van der Waals surface area (Å²) >= 11 is 0. The van der Waals surface area contributed by atoms with Gasteiger partial charge in [0.1, 0.15) is 85.5 Å². The molecule has 7 fully saturated rings. The van der Waals surface area contributed by atoms with Gasteiger partial charge >= 0.3 is 5.97 Å². The number of aliphatic hydroxyl groups is 14. The van der Waals surface area contributed by atoms with Crippen LogP contribution in [-0.4, -0.2) is 227 Å². The van der Waals surface area contributed by atoms with Crippen molar-refractivity contribution in [2.75, 3.05) is 26.4 Å². The average Bonchev–Trinajstić information content (AvgIpc) is 3.46. The highest BCUT2D eigenvalue weighted by Gasteiger charge is 2.61. The van der Waals surface area contributed by atoms with E-state index in [-0.39, 0.29) is 24.2 Å². The van der Waals surface area contributed by atoms with Crippen LogP contribution in [0.3, 0.4) is 0 Å². The molecule has 380 valence electrons. The molecule has 7 aliphatic rings. The maximum absolute atomic E-state index is 14.7. The molecular weight excluding hydrogens is 880 g/mol. The highest BCUT2D eigenvalue weighted by Crippen LogP contribution is 2.64. The van der Waals surface area contributed by atoms with Gasteiger partial charge in [0, 0.05) is 12.5 Å². The van der Waals surface area contributed by atoms with Crippen molar-refractivity contribution >= 4 is 5.97 Å². The zero-order chi connectivity index (χ0) is 48.2. The number of fused-ring (bicyclic) bond motifs is 3. The van der Waals surface area contributed by atoms with E-state index in [2.05, 4.69) is 13.5 Å². The highest BCUT2D eigenvalue weighted by atomic mass is 16.7. The molecule has 22 heteroatoms. The number of hydrogen-bond acceptors (Lipinski definition) is 22. The van der Waals surface area contributed by atoms with Crippen molar-refractivity contribution in [1.29, 1.82) is 0 Å². The molecule has 66 heavy (non-hydrogen) atoms. The van der Waals surface area contributed by atoms with Crippen molar-refractivity contribution in [1.82, 2.24) is 0 Å². The maximum Gasteiger partial charge on any atom is 0.314 e. The van der Waals surface area contributed by atoms with Gasteiger partial charge in [0.25, 0.3) is 0 Å². The van der Waals surface area contributed by atoms with Gasteiger partial charge in [0.05, 0.1) is 43.5 Å². The first-order chi connectivity index (χ1) is 31.2. The summed E-state index contributed by atoms with van der Waals surface area (Å²) in [6.45, 7) is 5.61. The molecule has 3 aliphatic heterocycles. The molecule has 0 radical (unpaired) electrons. The number of hydrogen-bond donors (Lipinski definition) is 14. The molecule has 0 aromatic heterocycles. The Hall–Kier alpha value is -1.59. The molecular formula is C44H72O22. The molecule has 0 aromatic rings. The molecule has 23 unspecified atom stereocenters. The first-order valence-electron chi connectivity index (χ1n) is 23.3. The topological polar surface area (TPSA) is 365 Å². The predicted octanol–water partition coefficient (Wildman–Crippen LogP) is -4.59. The van der Waals surface area contributed by atoms with E-state index in [1.165, 1.54) is 0 Å². The number of aliphatic hydroxyl groups excluding tert-OH is 14. The smallest absolute Gasteiger partial charge is 0.314 e. The second-order valence-corrected chi connectivity index (χ2v) is 20.2. The molecule has 0 amide bonds. The first kappa shape index (κ1) is 52.2. The van der Waals surface area contributed by atoms with E-state index in [1.807, 2.05) is 6.92 Å². The third-order valence-corrected chi connectivity index (χ3v) is 16.4. The van der Waals surface area contributed by atoms with Crippen LogP contribution in [0.15, 0.2) is 12.2 Å². The van der Waals surface area contributed by atoms with Crippen LogP contribution in [0.4, 0.5) is 0 Å².